The number of carboxylic acids is 1. The first-order valence-corrected chi connectivity index (χ1v) is 5.99. The number of carbonyl (C=O) groups excluding carboxylic acids is 2. The Morgan fingerprint density at radius 1 is 1.37 bits per heavy atom. The van der Waals surface area contributed by atoms with E-state index in [4.69, 9.17) is 5.11 Å². The third-order valence-corrected chi connectivity index (χ3v) is 3.72. The summed E-state index contributed by atoms with van der Waals surface area (Å²) < 4.78 is 0. The van der Waals surface area contributed by atoms with Gasteiger partial charge in [-0.1, -0.05) is 24.3 Å². The van der Waals surface area contributed by atoms with Crippen molar-refractivity contribution in [1.82, 2.24) is 10.2 Å². The molecule has 19 heavy (non-hydrogen) atoms. The number of fused-ring (bicyclic) bond motifs is 2. The summed E-state index contributed by atoms with van der Waals surface area (Å²) in [4.78, 5) is 35.7. The van der Waals surface area contributed by atoms with Crippen LogP contribution in [-0.2, 0) is 21.5 Å². The number of nitrogens with one attached hydrogen (secondary N) is 1. The van der Waals surface area contributed by atoms with E-state index in [9.17, 15) is 14.4 Å². The Hall–Kier alpha value is -2.37. The van der Waals surface area contributed by atoms with Gasteiger partial charge in [0.1, 0.15) is 12.1 Å². The van der Waals surface area contributed by atoms with E-state index in [0.29, 0.717) is 12.8 Å². The van der Waals surface area contributed by atoms with Gasteiger partial charge >= 0.3 is 12.0 Å². The van der Waals surface area contributed by atoms with E-state index in [1.54, 1.807) is 0 Å². The fourth-order valence-corrected chi connectivity index (χ4v) is 2.87. The summed E-state index contributed by atoms with van der Waals surface area (Å²) in [5.41, 5.74) is 0.734. The van der Waals surface area contributed by atoms with E-state index >= 15 is 0 Å². The lowest BCUT2D eigenvalue weighted by Crippen LogP contribution is -2.42. The van der Waals surface area contributed by atoms with Crippen molar-refractivity contribution in [3.63, 3.8) is 0 Å². The Morgan fingerprint density at radius 2 is 2.11 bits per heavy atom. The molecule has 1 atom stereocenters. The van der Waals surface area contributed by atoms with Crippen LogP contribution >= 0.6 is 0 Å². The smallest absolute Gasteiger partial charge is 0.325 e. The van der Waals surface area contributed by atoms with Crippen LogP contribution in [0.3, 0.4) is 0 Å². The largest absolute Gasteiger partial charge is 0.480 e. The van der Waals surface area contributed by atoms with Gasteiger partial charge in [-0.05, 0) is 24.0 Å². The molecule has 0 aromatic heterocycles. The third-order valence-electron chi connectivity index (χ3n) is 3.72. The molecule has 3 amide bonds. The van der Waals surface area contributed by atoms with Crippen LogP contribution in [-0.4, -0.2) is 34.5 Å². The van der Waals surface area contributed by atoms with Gasteiger partial charge in [0, 0.05) is 0 Å². The number of rotatable bonds is 2. The molecule has 1 fully saturated rings. The fourth-order valence-electron chi connectivity index (χ4n) is 2.87. The van der Waals surface area contributed by atoms with Gasteiger partial charge in [0.05, 0.1) is 0 Å². The number of carbonyl (C=O) groups is 3. The van der Waals surface area contributed by atoms with E-state index in [0.717, 1.165) is 16.0 Å². The Morgan fingerprint density at radius 3 is 2.84 bits per heavy atom. The highest BCUT2D eigenvalue weighted by Crippen LogP contribution is 2.41. The highest BCUT2D eigenvalue weighted by Gasteiger charge is 2.55. The summed E-state index contributed by atoms with van der Waals surface area (Å²) in [5, 5.41) is 11.4. The standard InChI is InChI=1S/C13H12N2O4/c16-10(17)7-15-11(18)13(14-12(15)19)6-5-8-3-1-2-4-9(8)13/h1-4H,5-7H2,(H,14,19)(H,16,17)/t13-/m0/s1. The van der Waals surface area contributed by atoms with E-state index in [2.05, 4.69) is 5.32 Å². The summed E-state index contributed by atoms with van der Waals surface area (Å²) in [6, 6.07) is 6.79. The predicted octanol–water partition coefficient (Wildman–Crippen LogP) is 0.464. The average Bonchev–Trinajstić information content (AvgIpc) is 2.85. The lowest BCUT2D eigenvalue weighted by molar-refractivity contribution is -0.142. The van der Waals surface area contributed by atoms with Crippen molar-refractivity contribution in [1.29, 1.82) is 0 Å². The second-order valence-electron chi connectivity index (χ2n) is 4.78. The zero-order chi connectivity index (χ0) is 13.6. The number of amides is 3. The molecule has 3 rings (SSSR count). The average molecular weight is 260 g/mol. The van der Waals surface area contributed by atoms with Crippen molar-refractivity contribution in [2.24, 2.45) is 0 Å². The molecule has 1 saturated heterocycles. The monoisotopic (exact) mass is 260 g/mol. The number of imide groups is 1. The van der Waals surface area contributed by atoms with E-state index in [1.165, 1.54) is 0 Å². The van der Waals surface area contributed by atoms with E-state index in [1.807, 2.05) is 24.3 Å². The Bertz CT molecular complexity index is 598. The first kappa shape index (κ1) is 11.7. The molecule has 2 N–H and O–H groups in total. The third kappa shape index (κ3) is 1.53. The van der Waals surface area contributed by atoms with Crippen LogP contribution in [0.25, 0.3) is 0 Å². The molecule has 0 saturated carbocycles. The zero-order valence-corrected chi connectivity index (χ0v) is 10.0. The number of hydrogen-bond acceptors (Lipinski definition) is 3. The molecule has 0 radical (unpaired) electrons. The molecule has 1 aromatic carbocycles. The van der Waals surface area contributed by atoms with Crippen LogP contribution in [0.1, 0.15) is 17.5 Å². The Kier molecular flexibility index (Phi) is 2.35. The molecule has 6 heteroatoms. The Labute approximate surface area is 109 Å². The molecule has 0 unspecified atom stereocenters. The summed E-state index contributed by atoms with van der Waals surface area (Å²) >= 11 is 0. The van der Waals surface area contributed by atoms with Gasteiger partial charge < -0.3 is 10.4 Å². The van der Waals surface area contributed by atoms with Crippen molar-refractivity contribution in [2.45, 2.75) is 18.4 Å². The molecule has 6 nitrogen and oxygen atoms in total. The van der Waals surface area contributed by atoms with Crippen LogP contribution in [0, 0.1) is 0 Å². The van der Waals surface area contributed by atoms with E-state index in [-0.39, 0.29) is 0 Å². The van der Waals surface area contributed by atoms with Crippen molar-refractivity contribution in [3.8, 4) is 0 Å². The minimum atomic E-state index is -1.20. The highest BCUT2D eigenvalue weighted by molar-refractivity contribution is 6.09. The summed E-state index contributed by atoms with van der Waals surface area (Å²) in [7, 11) is 0. The van der Waals surface area contributed by atoms with Gasteiger partial charge in [-0.15, -0.1) is 0 Å². The topological polar surface area (TPSA) is 86.7 Å². The van der Waals surface area contributed by atoms with Crippen LogP contribution in [0.15, 0.2) is 24.3 Å². The summed E-state index contributed by atoms with van der Waals surface area (Å²) in [6.07, 6.45) is 1.18. The van der Waals surface area contributed by atoms with Crippen molar-refractivity contribution >= 4 is 17.9 Å². The molecule has 1 heterocycles. The number of benzene rings is 1. The van der Waals surface area contributed by atoms with E-state index < -0.39 is 30.0 Å². The lowest BCUT2D eigenvalue weighted by Gasteiger charge is -2.21. The van der Waals surface area contributed by atoms with Crippen LogP contribution in [0.5, 0.6) is 0 Å². The predicted molar refractivity (Wildman–Crippen MR) is 64.3 cm³/mol. The first-order chi connectivity index (χ1) is 9.04. The Balaban J connectivity index is 2.02. The SMILES string of the molecule is O=C(O)CN1C(=O)N[C@]2(CCc3ccccc32)C1=O. The number of aryl methyl sites for hydroxylation is 1. The molecular weight excluding hydrogens is 248 g/mol. The molecule has 2 aliphatic rings. The summed E-state index contributed by atoms with van der Waals surface area (Å²) in [5.74, 6) is -1.67. The maximum atomic E-state index is 12.4. The lowest BCUT2D eigenvalue weighted by atomic mass is 9.92. The van der Waals surface area contributed by atoms with Gasteiger partial charge in [0.25, 0.3) is 5.91 Å². The van der Waals surface area contributed by atoms with Crippen molar-refractivity contribution < 1.29 is 19.5 Å². The highest BCUT2D eigenvalue weighted by atomic mass is 16.4. The maximum Gasteiger partial charge on any atom is 0.325 e. The number of carboxylic acid groups (broad SMARTS) is 1. The van der Waals surface area contributed by atoms with Crippen molar-refractivity contribution in [2.75, 3.05) is 6.54 Å². The van der Waals surface area contributed by atoms with Crippen molar-refractivity contribution in [3.05, 3.63) is 35.4 Å². The minimum Gasteiger partial charge on any atom is -0.480 e. The maximum absolute atomic E-state index is 12.4. The molecular formula is C13H12N2O4. The van der Waals surface area contributed by atoms with Gasteiger partial charge in [-0.3, -0.25) is 14.5 Å². The molecule has 1 spiro atoms. The molecule has 1 aliphatic carbocycles. The number of nitrogens with zero attached hydrogens (tertiary/aromatic N) is 1. The molecule has 0 bridgehead atoms. The van der Waals surface area contributed by atoms with Gasteiger partial charge in [0.15, 0.2) is 0 Å². The number of hydrogen-bond donors (Lipinski definition) is 2. The van der Waals surface area contributed by atoms with Gasteiger partial charge in [0.2, 0.25) is 0 Å². The second-order valence-corrected chi connectivity index (χ2v) is 4.78. The molecule has 98 valence electrons. The molecule has 1 aromatic rings. The summed E-state index contributed by atoms with van der Waals surface area (Å²) in [6.45, 7) is -0.603. The number of aliphatic carboxylic acids is 1. The van der Waals surface area contributed by atoms with Gasteiger partial charge in [-0.25, -0.2) is 4.79 Å². The van der Waals surface area contributed by atoms with Crippen LogP contribution < -0.4 is 5.32 Å². The quantitative estimate of drug-likeness (QED) is 0.756. The number of urea groups is 1. The van der Waals surface area contributed by atoms with Gasteiger partial charge in [-0.2, -0.15) is 0 Å². The molecule has 1 aliphatic heterocycles. The fraction of sp³-hybridized carbons (Fsp3) is 0.308. The second kappa shape index (κ2) is 3.81. The minimum absolute atomic E-state index is 0.468. The normalized spacial score (nSPS) is 24.7. The van der Waals surface area contributed by atoms with Crippen LogP contribution in [0.4, 0.5) is 4.79 Å². The van der Waals surface area contributed by atoms with Crippen LogP contribution in [0.2, 0.25) is 0 Å². The first-order valence-electron chi connectivity index (χ1n) is 5.99. The zero-order valence-electron chi connectivity index (χ0n) is 10.0.